The lowest BCUT2D eigenvalue weighted by Crippen LogP contribution is -2.46. The molecule has 5 rings (SSSR count). The third-order valence-corrected chi connectivity index (χ3v) is 8.12. The number of hydrogen-bond acceptors (Lipinski definition) is 10. The summed E-state index contributed by atoms with van der Waals surface area (Å²) in [5, 5.41) is 20.1. The van der Waals surface area contributed by atoms with Crippen LogP contribution >= 0.6 is 22.7 Å². The lowest BCUT2D eigenvalue weighted by molar-refractivity contribution is 0.0648. The summed E-state index contributed by atoms with van der Waals surface area (Å²) in [7, 11) is 0. The largest absolute Gasteiger partial charge is 0.396 e. The van der Waals surface area contributed by atoms with Crippen LogP contribution in [0.4, 0.5) is 10.9 Å². The molecule has 2 bridgehead atoms. The van der Waals surface area contributed by atoms with Crippen LogP contribution < -0.4 is 5.32 Å². The molecule has 0 aliphatic carbocycles. The zero-order valence-corrected chi connectivity index (χ0v) is 21.4. The molecule has 35 heavy (non-hydrogen) atoms. The summed E-state index contributed by atoms with van der Waals surface area (Å²) < 4.78 is 0. The molecule has 184 valence electrons. The highest BCUT2D eigenvalue weighted by Gasteiger charge is 2.42. The van der Waals surface area contributed by atoms with Gasteiger partial charge in [0.25, 0.3) is 5.91 Å². The van der Waals surface area contributed by atoms with E-state index in [4.69, 9.17) is 9.94 Å². The predicted molar refractivity (Wildman–Crippen MR) is 138 cm³/mol. The first-order valence-electron chi connectivity index (χ1n) is 11.8. The smallest absolute Gasteiger partial charge is 0.255 e. The maximum atomic E-state index is 13.3. The van der Waals surface area contributed by atoms with Gasteiger partial charge in [0.05, 0.1) is 32.5 Å². The normalized spacial score (nSPS) is 20.4. The topological polar surface area (TPSA) is 113 Å². The molecule has 2 N–H and O–H groups in total. The van der Waals surface area contributed by atoms with Crippen LogP contribution in [0.15, 0.2) is 28.9 Å². The number of anilines is 2. The molecular weight excluding hydrogens is 484 g/mol. The molecule has 3 aromatic heterocycles. The Hall–Kier alpha value is -2.89. The molecule has 0 spiro atoms. The molecule has 1 amide bonds. The van der Waals surface area contributed by atoms with E-state index in [9.17, 15) is 4.79 Å². The molecule has 3 aromatic rings. The van der Waals surface area contributed by atoms with Crippen LogP contribution in [0.5, 0.6) is 0 Å². The van der Waals surface area contributed by atoms with E-state index in [2.05, 4.69) is 25.4 Å². The zero-order chi connectivity index (χ0) is 24.4. The second-order valence-corrected chi connectivity index (χ2v) is 10.9. The number of carbonyl (C=O) groups is 1. The lowest BCUT2D eigenvalue weighted by atomic mass is 9.99. The van der Waals surface area contributed by atoms with Crippen LogP contribution in [0.25, 0.3) is 10.6 Å². The number of aliphatic hydroxyl groups is 1. The number of piperidine rings is 1. The van der Waals surface area contributed by atoms with Crippen molar-refractivity contribution < 1.29 is 14.7 Å². The minimum atomic E-state index is 0.0179. The quantitative estimate of drug-likeness (QED) is 0.336. The van der Waals surface area contributed by atoms with Crippen LogP contribution in [0.2, 0.25) is 0 Å². The van der Waals surface area contributed by atoms with Crippen LogP contribution in [-0.2, 0) is 4.84 Å². The number of aryl methyl sites for hydroxylation is 2. The van der Waals surface area contributed by atoms with Gasteiger partial charge in [0.1, 0.15) is 12.4 Å². The molecule has 0 unspecified atom stereocenters. The number of thiazole rings is 2. The average Bonchev–Trinajstić information content (AvgIpc) is 3.52. The maximum Gasteiger partial charge on any atom is 0.255 e. The summed E-state index contributed by atoms with van der Waals surface area (Å²) in [6.07, 6.45) is 5.63. The van der Waals surface area contributed by atoms with Gasteiger partial charge in [-0.3, -0.25) is 4.79 Å². The van der Waals surface area contributed by atoms with Gasteiger partial charge < -0.3 is 20.2 Å². The van der Waals surface area contributed by atoms with Crippen LogP contribution in [0, 0.1) is 13.8 Å². The van der Waals surface area contributed by atoms with Gasteiger partial charge in [-0.25, -0.2) is 15.0 Å². The summed E-state index contributed by atoms with van der Waals surface area (Å²) in [4.78, 5) is 35.3. The van der Waals surface area contributed by atoms with E-state index in [0.29, 0.717) is 24.4 Å². The first-order valence-corrected chi connectivity index (χ1v) is 13.5. The fourth-order valence-corrected chi connectivity index (χ4v) is 6.38. The summed E-state index contributed by atoms with van der Waals surface area (Å²) in [5.41, 5.74) is 3.49. The Balaban J connectivity index is 1.21. The van der Waals surface area contributed by atoms with Crippen molar-refractivity contribution in [1.82, 2.24) is 19.9 Å². The number of aliphatic hydroxyl groups excluding tert-OH is 1. The Labute approximate surface area is 211 Å². The van der Waals surface area contributed by atoms with Crippen molar-refractivity contribution in [3.63, 3.8) is 0 Å². The molecule has 2 aliphatic heterocycles. The van der Waals surface area contributed by atoms with Gasteiger partial charge in [0.15, 0.2) is 5.13 Å². The number of nitrogens with zero attached hydrogens (tertiary/aromatic N) is 5. The van der Waals surface area contributed by atoms with Crippen molar-refractivity contribution >= 4 is 45.2 Å². The molecule has 2 atom stereocenters. The highest BCUT2D eigenvalue weighted by atomic mass is 32.1. The molecule has 2 fully saturated rings. The number of rotatable bonds is 8. The van der Waals surface area contributed by atoms with Gasteiger partial charge in [-0.15, -0.1) is 22.7 Å². The highest BCUT2D eigenvalue weighted by molar-refractivity contribution is 7.16. The van der Waals surface area contributed by atoms with E-state index in [0.717, 1.165) is 57.8 Å². The Bertz CT molecular complexity index is 1210. The van der Waals surface area contributed by atoms with E-state index in [1.165, 1.54) is 11.3 Å². The monoisotopic (exact) mass is 512 g/mol. The fraction of sp³-hybridized carbons (Fsp3) is 0.458. The Morgan fingerprint density at radius 2 is 2.06 bits per heavy atom. The average molecular weight is 513 g/mol. The standard InChI is InChI=1S/C24H28N6O3S2/c1-14-22(35-15(2)26-14)20-13-34-24(27-20)28-21-7-4-16(12-25-21)23(32)30-18-5-6-19(30)11-17(10-18)29-33-9-3-8-31/h4,7,12-13,18-19,31H,3,5-6,8-11H2,1-2H3,(H,25,27,28)/t18-,19+. The van der Waals surface area contributed by atoms with Gasteiger partial charge in [0, 0.05) is 49.5 Å². The number of hydrogen-bond donors (Lipinski definition) is 2. The molecule has 9 nitrogen and oxygen atoms in total. The number of aromatic nitrogens is 3. The number of oxime groups is 1. The minimum Gasteiger partial charge on any atom is -0.396 e. The summed E-state index contributed by atoms with van der Waals surface area (Å²) in [6.45, 7) is 4.50. The third kappa shape index (κ3) is 5.21. The molecule has 11 heteroatoms. The SMILES string of the molecule is Cc1nc(C)c(-c2csc(Nc3ccc(C(=O)N4[C@@H]5CC[C@H]4CC(=NOCCCO)C5)cn3)n2)s1. The van der Waals surface area contributed by atoms with Crippen molar-refractivity contribution in [3.05, 3.63) is 40.0 Å². The van der Waals surface area contributed by atoms with E-state index < -0.39 is 0 Å². The van der Waals surface area contributed by atoms with Gasteiger partial charge in [0.2, 0.25) is 0 Å². The Morgan fingerprint density at radius 3 is 2.71 bits per heavy atom. The number of fused-ring (bicyclic) bond motifs is 2. The van der Waals surface area contributed by atoms with Crippen LogP contribution in [0.1, 0.15) is 53.2 Å². The third-order valence-electron chi connectivity index (χ3n) is 6.27. The molecular formula is C24H28N6O3S2. The van der Waals surface area contributed by atoms with E-state index in [-0.39, 0.29) is 24.6 Å². The number of pyridine rings is 1. The molecule has 0 saturated carbocycles. The Kier molecular flexibility index (Phi) is 7.07. The minimum absolute atomic E-state index is 0.0179. The number of amides is 1. The molecule has 0 aromatic carbocycles. The molecule has 2 aliphatic rings. The van der Waals surface area contributed by atoms with Gasteiger partial charge >= 0.3 is 0 Å². The van der Waals surface area contributed by atoms with Gasteiger partial charge in [-0.2, -0.15) is 0 Å². The van der Waals surface area contributed by atoms with E-state index >= 15 is 0 Å². The van der Waals surface area contributed by atoms with Gasteiger partial charge in [-0.1, -0.05) is 5.16 Å². The molecule has 0 radical (unpaired) electrons. The van der Waals surface area contributed by atoms with E-state index in [1.54, 1.807) is 17.5 Å². The molecule has 5 heterocycles. The van der Waals surface area contributed by atoms with Crippen molar-refractivity contribution in [3.8, 4) is 10.6 Å². The molecule has 2 saturated heterocycles. The fourth-order valence-electron chi connectivity index (χ4n) is 4.72. The first-order chi connectivity index (χ1) is 17.0. The highest BCUT2D eigenvalue weighted by Crippen LogP contribution is 2.36. The second-order valence-electron chi connectivity index (χ2n) is 8.82. The number of carbonyl (C=O) groups excluding carboxylic acids is 1. The summed E-state index contributed by atoms with van der Waals surface area (Å²) >= 11 is 3.16. The van der Waals surface area contributed by atoms with Crippen molar-refractivity contribution in [2.75, 3.05) is 18.5 Å². The van der Waals surface area contributed by atoms with E-state index in [1.807, 2.05) is 36.3 Å². The second kappa shape index (κ2) is 10.4. The van der Waals surface area contributed by atoms with Crippen LogP contribution in [0.3, 0.4) is 0 Å². The number of nitrogens with one attached hydrogen (secondary N) is 1. The summed E-state index contributed by atoms with van der Waals surface area (Å²) in [6, 6.07) is 3.94. The first kappa shape index (κ1) is 23.8. The van der Waals surface area contributed by atoms with Crippen molar-refractivity contribution in [2.45, 2.75) is 58.0 Å². The van der Waals surface area contributed by atoms with Crippen molar-refractivity contribution in [1.29, 1.82) is 0 Å². The predicted octanol–water partition coefficient (Wildman–Crippen LogP) is 4.54. The maximum absolute atomic E-state index is 13.3. The van der Waals surface area contributed by atoms with Gasteiger partial charge in [-0.05, 0) is 38.8 Å². The van der Waals surface area contributed by atoms with Crippen molar-refractivity contribution in [2.24, 2.45) is 5.16 Å². The van der Waals surface area contributed by atoms with Crippen LogP contribution in [-0.4, -0.2) is 61.9 Å². The lowest BCUT2D eigenvalue weighted by Gasteiger charge is -2.35. The zero-order valence-electron chi connectivity index (χ0n) is 19.7. The Morgan fingerprint density at radius 1 is 1.26 bits per heavy atom. The summed E-state index contributed by atoms with van der Waals surface area (Å²) in [5.74, 6) is 0.667.